The summed E-state index contributed by atoms with van der Waals surface area (Å²) < 4.78 is 65.9. The average Bonchev–Trinajstić information content (AvgIpc) is 3.09. The molecule has 3 rings (SSSR count). The van der Waals surface area contributed by atoms with Gasteiger partial charge in [-0.3, -0.25) is 9.52 Å². The first-order valence-corrected chi connectivity index (χ1v) is 10.4. The highest BCUT2D eigenvalue weighted by atomic mass is 32.2. The topological polar surface area (TPSA) is 88.2 Å². The van der Waals surface area contributed by atoms with E-state index in [4.69, 9.17) is 0 Å². The zero-order chi connectivity index (χ0) is 21.2. The van der Waals surface area contributed by atoms with Gasteiger partial charge in [0.25, 0.3) is 10.0 Å². The van der Waals surface area contributed by atoms with E-state index >= 15 is 0 Å². The van der Waals surface area contributed by atoms with E-state index in [1.54, 1.807) is 17.5 Å². The minimum atomic E-state index is -4.65. The number of thiazole rings is 1. The number of anilines is 2. The highest BCUT2D eigenvalue weighted by molar-refractivity contribution is 7.92. The quantitative estimate of drug-likeness (QED) is 0.606. The van der Waals surface area contributed by atoms with Crippen LogP contribution in [0.5, 0.6) is 0 Å². The molecule has 2 aromatic carbocycles. The Kier molecular flexibility index (Phi) is 5.62. The molecule has 0 saturated carbocycles. The maximum atomic E-state index is 12.9. The van der Waals surface area contributed by atoms with Crippen LogP contribution in [0.3, 0.4) is 0 Å². The maximum Gasteiger partial charge on any atom is 0.416 e. The van der Waals surface area contributed by atoms with Crippen molar-refractivity contribution in [2.24, 2.45) is 0 Å². The molecule has 1 heterocycles. The number of hydrogen-bond acceptors (Lipinski definition) is 5. The van der Waals surface area contributed by atoms with Crippen LogP contribution in [0, 0.1) is 0 Å². The Morgan fingerprint density at radius 2 is 1.83 bits per heavy atom. The fraction of sp³-hybridized carbons (Fsp3) is 0.111. The second-order valence-electron chi connectivity index (χ2n) is 5.93. The van der Waals surface area contributed by atoms with Gasteiger partial charge in [-0.25, -0.2) is 13.4 Å². The van der Waals surface area contributed by atoms with Crippen molar-refractivity contribution in [1.29, 1.82) is 0 Å². The van der Waals surface area contributed by atoms with Crippen LogP contribution in [0.1, 0.15) is 12.5 Å². The van der Waals surface area contributed by atoms with Crippen molar-refractivity contribution in [3.8, 4) is 11.3 Å². The highest BCUT2D eigenvalue weighted by Crippen LogP contribution is 2.31. The van der Waals surface area contributed by atoms with Crippen LogP contribution in [-0.2, 0) is 21.0 Å². The molecule has 11 heteroatoms. The van der Waals surface area contributed by atoms with Crippen LogP contribution in [0.15, 0.2) is 58.8 Å². The average molecular weight is 441 g/mol. The molecule has 0 atom stereocenters. The second-order valence-corrected chi connectivity index (χ2v) is 8.47. The number of carbonyl (C=O) groups excluding carboxylic acids is 1. The summed E-state index contributed by atoms with van der Waals surface area (Å²) in [4.78, 5) is 14.8. The van der Waals surface area contributed by atoms with Gasteiger partial charge < -0.3 is 5.32 Å². The lowest BCUT2D eigenvalue weighted by molar-refractivity contribution is -0.137. The van der Waals surface area contributed by atoms with E-state index in [1.807, 2.05) is 0 Å². The number of nitrogens with zero attached hydrogens (tertiary/aromatic N) is 1. The monoisotopic (exact) mass is 441 g/mol. The first kappa shape index (κ1) is 20.8. The van der Waals surface area contributed by atoms with E-state index in [1.165, 1.54) is 30.4 Å². The molecule has 0 radical (unpaired) electrons. The summed E-state index contributed by atoms with van der Waals surface area (Å²) in [6, 6.07) is 9.73. The third kappa shape index (κ3) is 5.12. The molecule has 0 fully saturated rings. The molecule has 152 valence electrons. The summed E-state index contributed by atoms with van der Waals surface area (Å²) in [5.41, 5.74) is 0.192. The summed E-state index contributed by atoms with van der Waals surface area (Å²) >= 11 is 1.20. The number of alkyl halides is 3. The lowest BCUT2D eigenvalue weighted by Crippen LogP contribution is -2.14. The Morgan fingerprint density at radius 3 is 2.52 bits per heavy atom. The number of sulfonamides is 1. The number of amides is 1. The number of halogens is 3. The van der Waals surface area contributed by atoms with Crippen molar-refractivity contribution in [2.75, 3.05) is 10.0 Å². The lowest BCUT2D eigenvalue weighted by atomic mass is 10.1. The number of rotatable bonds is 5. The Balaban J connectivity index is 1.86. The van der Waals surface area contributed by atoms with E-state index in [2.05, 4.69) is 15.0 Å². The zero-order valence-electron chi connectivity index (χ0n) is 14.8. The Bertz CT molecular complexity index is 1160. The SMILES string of the molecule is CC(=O)Nc1nc(-c2cccc(NS(=O)(=O)c3cccc(C(F)(F)F)c3)c2)cs1. The molecule has 0 aliphatic rings. The van der Waals surface area contributed by atoms with Crippen LogP contribution >= 0.6 is 11.3 Å². The van der Waals surface area contributed by atoms with Gasteiger partial charge in [-0.1, -0.05) is 18.2 Å². The van der Waals surface area contributed by atoms with Crippen molar-refractivity contribution in [3.63, 3.8) is 0 Å². The molecule has 29 heavy (non-hydrogen) atoms. The lowest BCUT2D eigenvalue weighted by Gasteiger charge is -2.11. The number of hydrogen-bond donors (Lipinski definition) is 2. The van der Waals surface area contributed by atoms with Crippen molar-refractivity contribution < 1.29 is 26.4 Å². The van der Waals surface area contributed by atoms with E-state index in [0.29, 0.717) is 22.5 Å². The molecule has 6 nitrogen and oxygen atoms in total. The number of aromatic nitrogens is 1. The van der Waals surface area contributed by atoms with E-state index in [9.17, 15) is 26.4 Å². The molecule has 3 aromatic rings. The van der Waals surface area contributed by atoms with Crippen LogP contribution in [0.2, 0.25) is 0 Å². The third-order valence-electron chi connectivity index (χ3n) is 3.67. The Labute approximate surface area is 168 Å². The molecule has 0 aliphatic heterocycles. The minimum absolute atomic E-state index is 0.161. The zero-order valence-corrected chi connectivity index (χ0v) is 16.5. The van der Waals surface area contributed by atoms with Gasteiger partial charge in [0.05, 0.1) is 16.2 Å². The molecule has 0 saturated heterocycles. The first-order valence-electron chi connectivity index (χ1n) is 8.08. The standard InChI is InChI=1S/C18H14F3N3O3S2/c1-11(25)22-17-23-16(10-28-17)12-4-2-6-14(8-12)24-29(26,27)15-7-3-5-13(9-15)18(19,20)21/h2-10,24H,1H3,(H,22,23,25). The van der Waals surface area contributed by atoms with E-state index < -0.39 is 26.7 Å². The molecular weight excluding hydrogens is 427 g/mol. The van der Waals surface area contributed by atoms with Crippen LogP contribution < -0.4 is 10.0 Å². The van der Waals surface area contributed by atoms with Crippen molar-refractivity contribution in [3.05, 3.63) is 59.5 Å². The highest BCUT2D eigenvalue weighted by Gasteiger charge is 2.31. The van der Waals surface area contributed by atoms with E-state index in [-0.39, 0.29) is 11.6 Å². The fourth-order valence-electron chi connectivity index (χ4n) is 2.41. The van der Waals surface area contributed by atoms with Crippen molar-refractivity contribution in [1.82, 2.24) is 4.98 Å². The number of nitrogens with one attached hydrogen (secondary N) is 2. The van der Waals surface area contributed by atoms with Gasteiger partial charge in [-0.2, -0.15) is 13.2 Å². The first-order chi connectivity index (χ1) is 13.5. The second kappa shape index (κ2) is 7.84. The number of benzene rings is 2. The van der Waals surface area contributed by atoms with Crippen LogP contribution in [-0.4, -0.2) is 19.3 Å². The summed E-state index contributed by atoms with van der Waals surface area (Å²) in [6.07, 6.45) is -4.65. The summed E-state index contributed by atoms with van der Waals surface area (Å²) in [6.45, 7) is 1.35. The predicted molar refractivity (Wildman–Crippen MR) is 104 cm³/mol. The van der Waals surface area contributed by atoms with Gasteiger partial charge in [0.1, 0.15) is 0 Å². The van der Waals surface area contributed by atoms with Gasteiger partial charge >= 0.3 is 6.18 Å². The van der Waals surface area contributed by atoms with Gasteiger partial charge in [-0.15, -0.1) is 11.3 Å². The molecule has 1 aromatic heterocycles. The van der Waals surface area contributed by atoms with Crippen molar-refractivity contribution >= 4 is 38.1 Å². The summed E-state index contributed by atoms with van der Waals surface area (Å²) in [5, 5.41) is 4.63. The molecule has 1 amide bonds. The summed E-state index contributed by atoms with van der Waals surface area (Å²) in [5.74, 6) is -0.270. The predicted octanol–water partition coefficient (Wildman–Crippen LogP) is 4.59. The van der Waals surface area contributed by atoms with Gasteiger partial charge in [0.2, 0.25) is 5.91 Å². The molecular formula is C18H14F3N3O3S2. The molecule has 0 spiro atoms. The van der Waals surface area contributed by atoms with Gasteiger partial charge in [-0.05, 0) is 30.3 Å². The largest absolute Gasteiger partial charge is 0.416 e. The third-order valence-corrected chi connectivity index (χ3v) is 5.81. The molecule has 0 bridgehead atoms. The van der Waals surface area contributed by atoms with Crippen LogP contribution in [0.25, 0.3) is 11.3 Å². The Morgan fingerprint density at radius 1 is 1.10 bits per heavy atom. The van der Waals surface area contributed by atoms with E-state index in [0.717, 1.165) is 18.2 Å². The van der Waals surface area contributed by atoms with Gasteiger partial charge in [0, 0.05) is 23.6 Å². The van der Waals surface area contributed by atoms with Gasteiger partial charge in [0.15, 0.2) is 5.13 Å². The normalized spacial score (nSPS) is 11.9. The fourth-order valence-corrected chi connectivity index (χ4v) is 4.27. The minimum Gasteiger partial charge on any atom is -0.302 e. The molecule has 0 unspecified atom stereocenters. The smallest absolute Gasteiger partial charge is 0.302 e. The maximum absolute atomic E-state index is 12.9. The Hall–Kier alpha value is -2.92. The van der Waals surface area contributed by atoms with Crippen molar-refractivity contribution in [2.45, 2.75) is 18.0 Å². The molecule has 2 N–H and O–H groups in total. The van der Waals surface area contributed by atoms with Crippen LogP contribution in [0.4, 0.5) is 24.0 Å². The number of carbonyl (C=O) groups is 1. The summed E-state index contributed by atoms with van der Waals surface area (Å²) in [7, 11) is -4.23. The molecule has 0 aliphatic carbocycles.